The van der Waals surface area contributed by atoms with Gasteiger partial charge in [0.25, 0.3) is 0 Å². The van der Waals surface area contributed by atoms with Gasteiger partial charge in [0.1, 0.15) is 4.64 Å². The molecule has 11 heavy (non-hydrogen) atoms. The Morgan fingerprint density at radius 1 is 1.45 bits per heavy atom. The van der Waals surface area contributed by atoms with Crippen LogP contribution in [-0.4, -0.2) is 4.98 Å². The normalized spacial score (nSPS) is 16.8. The minimum Gasteiger partial charge on any atom is -0.350 e. The van der Waals surface area contributed by atoms with Crippen LogP contribution < -0.4 is 0 Å². The second-order valence-electron chi connectivity index (χ2n) is 3.25. The zero-order valence-corrected chi connectivity index (χ0v) is 7.37. The highest BCUT2D eigenvalue weighted by Gasteiger charge is 2.23. The van der Waals surface area contributed by atoms with Crippen LogP contribution in [0.3, 0.4) is 0 Å². The van der Waals surface area contributed by atoms with Gasteiger partial charge in [-0.25, -0.2) is 0 Å². The van der Waals surface area contributed by atoms with Gasteiger partial charge < -0.3 is 4.98 Å². The maximum atomic E-state index is 5.08. The minimum absolute atomic E-state index is 0.775. The number of nitrogens with one attached hydrogen (secondary N) is 1. The number of hydrogen-bond donors (Lipinski definition) is 1. The standard InChI is InChI=1S/C9H11NS/c1-6-4-8(7-2-3-7)10-9(11)5-6/h4-5,7H,2-3H2,1H3,(H,10,11). The molecular formula is C9H11NS. The van der Waals surface area contributed by atoms with Gasteiger partial charge in [-0.05, 0) is 43.4 Å². The summed E-state index contributed by atoms with van der Waals surface area (Å²) in [7, 11) is 0. The molecule has 1 heterocycles. The van der Waals surface area contributed by atoms with E-state index < -0.39 is 0 Å². The molecule has 0 aliphatic heterocycles. The Kier molecular flexibility index (Phi) is 1.57. The molecule has 1 aromatic heterocycles. The highest BCUT2D eigenvalue weighted by Crippen LogP contribution is 2.38. The number of aromatic nitrogens is 1. The van der Waals surface area contributed by atoms with Gasteiger partial charge in [-0.1, -0.05) is 12.2 Å². The molecule has 0 atom stereocenters. The number of hydrogen-bond acceptors (Lipinski definition) is 1. The third-order valence-corrected chi connectivity index (χ3v) is 2.25. The van der Waals surface area contributed by atoms with Crippen LogP contribution in [-0.2, 0) is 0 Å². The largest absolute Gasteiger partial charge is 0.350 e. The SMILES string of the molecule is Cc1cc(C2CC2)[nH]c(=S)c1. The van der Waals surface area contributed by atoms with Crippen molar-refractivity contribution in [2.75, 3.05) is 0 Å². The number of H-pyrrole nitrogens is 1. The van der Waals surface area contributed by atoms with Gasteiger partial charge in [-0.3, -0.25) is 0 Å². The van der Waals surface area contributed by atoms with Crippen LogP contribution in [0.2, 0.25) is 0 Å². The number of rotatable bonds is 1. The van der Waals surface area contributed by atoms with Gasteiger partial charge in [0.05, 0.1) is 0 Å². The first-order chi connectivity index (χ1) is 5.25. The summed E-state index contributed by atoms with van der Waals surface area (Å²) >= 11 is 5.08. The van der Waals surface area contributed by atoms with E-state index in [1.807, 2.05) is 6.07 Å². The first kappa shape index (κ1) is 7.04. The quantitative estimate of drug-likeness (QED) is 0.633. The third kappa shape index (κ3) is 1.51. The zero-order valence-electron chi connectivity index (χ0n) is 6.55. The maximum absolute atomic E-state index is 5.08. The van der Waals surface area contributed by atoms with Gasteiger partial charge in [-0.15, -0.1) is 0 Å². The fraction of sp³-hybridized carbons (Fsp3) is 0.444. The first-order valence-electron chi connectivity index (χ1n) is 3.96. The Balaban J connectivity index is 2.47. The van der Waals surface area contributed by atoms with E-state index in [-0.39, 0.29) is 0 Å². The Bertz CT molecular complexity index is 323. The number of pyridine rings is 1. The first-order valence-corrected chi connectivity index (χ1v) is 4.37. The minimum atomic E-state index is 0.775. The molecule has 0 spiro atoms. The lowest BCUT2D eigenvalue weighted by Gasteiger charge is -1.99. The molecule has 0 bridgehead atoms. The van der Waals surface area contributed by atoms with Gasteiger partial charge in [0.15, 0.2) is 0 Å². The molecule has 0 unspecified atom stereocenters. The maximum Gasteiger partial charge on any atom is 0.103 e. The lowest BCUT2D eigenvalue weighted by atomic mass is 10.2. The van der Waals surface area contributed by atoms with Crippen LogP contribution in [0.4, 0.5) is 0 Å². The summed E-state index contributed by atoms with van der Waals surface area (Å²) < 4.78 is 0.868. The average Bonchev–Trinajstić information content (AvgIpc) is 2.64. The lowest BCUT2D eigenvalue weighted by Crippen LogP contribution is -1.87. The van der Waals surface area contributed by atoms with Crippen molar-refractivity contribution in [3.63, 3.8) is 0 Å². The Hall–Kier alpha value is -0.630. The molecule has 1 N–H and O–H groups in total. The van der Waals surface area contributed by atoms with E-state index in [1.165, 1.54) is 24.1 Å². The summed E-state index contributed by atoms with van der Waals surface area (Å²) in [5, 5.41) is 0. The van der Waals surface area contributed by atoms with E-state index >= 15 is 0 Å². The van der Waals surface area contributed by atoms with Crippen molar-refractivity contribution in [3.05, 3.63) is 28.0 Å². The van der Waals surface area contributed by atoms with E-state index in [9.17, 15) is 0 Å². The Morgan fingerprint density at radius 3 is 2.73 bits per heavy atom. The number of aryl methyl sites for hydroxylation is 1. The van der Waals surface area contributed by atoms with Crippen molar-refractivity contribution < 1.29 is 0 Å². The molecule has 1 nitrogen and oxygen atoms in total. The Morgan fingerprint density at radius 2 is 2.18 bits per heavy atom. The van der Waals surface area contributed by atoms with E-state index in [0.29, 0.717) is 0 Å². The summed E-state index contributed by atoms with van der Waals surface area (Å²) in [6.07, 6.45) is 2.66. The van der Waals surface area contributed by atoms with Crippen LogP contribution >= 0.6 is 12.2 Å². The summed E-state index contributed by atoms with van der Waals surface area (Å²) in [6.45, 7) is 2.09. The van der Waals surface area contributed by atoms with Gasteiger partial charge >= 0.3 is 0 Å². The van der Waals surface area contributed by atoms with Crippen molar-refractivity contribution in [2.24, 2.45) is 0 Å². The second kappa shape index (κ2) is 2.45. The van der Waals surface area contributed by atoms with Crippen molar-refractivity contribution in [3.8, 4) is 0 Å². The fourth-order valence-electron chi connectivity index (χ4n) is 1.32. The van der Waals surface area contributed by atoms with Crippen molar-refractivity contribution in [1.82, 2.24) is 4.98 Å². The molecule has 0 radical (unpaired) electrons. The average molecular weight is 165 g/mol. The lowest BCUT2D eigenvalue weighted by molar-refractivity contribution is 1.01. The molecule has 58 valence electrons. The fourth-order valence-corrected chi connectivity index (χ4v) is 1.63. The summed E-state index contributed by atoms with van der Waals surface area (Å²) in [5.74, 6) is 0.775. The van der Waals surface area contributed by atoms with Crippen molar-refractivity contribution >= 4 is 12.2 Å². The van der Waals surface area contributed by atoms with Crippen LogP contribution in [0.15, 0.2) is 12.1 Å². The molecule has 1 aliphatic rings. The molecule has 0 saturated heterocycles. The highest BCUT2D eigenvalue weighted by atomic mass is 32.1. The smallest absolute Gasteiger partial charge is 0.103 e. The third-order valence-electron chi connectivity index (χ3n) is 2.03. The molecule has 0 aromatic carbocycles. The van der Waals surface area contributed by atoms with E-state index in [1.54, 1.807) is 0 Å². The predicted molar refractivity (Wildman–Crippen MR) is 48.3 cm³/mol. The Labute approximate surface area is 71.5 Å². The van der Waals surface area contributed by atoms with Crippen molar-refractivity contribution in [2.45, 2.75) is 25.7 Å². The topological polar surface area (TPSA) is 15.8 Å². The van der Waals surface area contributed by atoms with Crippen LogP contribution in [0.1, 0.15) is 30.0 Å². The zero-order chi connectivity index (χ0) is 7.84. The molecule has 1 aromatic rings. The summed E-state index contributed by atoms with van der Waals surface area (Å²) in [4.78, 5) is 3.22. The molecule has 1 aliphatic carbocycles. The molecule has 2 rings (SSSR count). The summed E-state index contributed by atoms with van der Waals surface area (Å²) in [5.41, 5.74) is 2.60. The summed E-state index contributed by atoms with van der Waals surface area (Å²) in [6, 6.07) is 4.20. The van der Waals surface area contributed by atoms with E-state index in [2.05, 4.69) is 18.0 Å². The molecule has 1 saturated carbocycles. The van der Waals surface area contributed by atoms with Gasteiger partial charge in [-0.2, -0.15) is 0 Å². The van der Waals surface area contributed by atoms with Crippen LogP contribution in [0.5, 0.6) is 0 Å². The molecule has 0 amide bonds. The van der Waals surface area contributed by atoms with Crippen LogP contribution in [0.25, 0.3) is 0 Å². The van der Waals surface area contributed by atoms with Crippen molar-refractivity contribution in [1.29, 1.82) is 0 Å². The second-order valence-corrected chi connectivity index (χ2v) is 3.69. The molecular weight excluding hydrogens is 154 g/mol. The van der Waals surface area contributed by atoms with Gasteiger partial charge in [0, 0.05) is 5.69 Å². The molecule has 1 fully saturated rings. The van der Waals surface area contributed by atoms with Crippen LogP contribution in [0, 0.1) is 11.6 Å². The predicted octanol–water partition coefficient (Wildman–Crippen LogP) is 2.93. The highest BCUT2D eigenvalue weighted by molar-refractivity contribution is 7.71. The molecule has 2 heteroatoms. The van der Waals surface area contributed by atoms with Gasteiger partial charge in [0.2, 0.25) is 0 Å². The monoisotopic (exact) mass is 165 g/mol. The van der Waals surface area contributed by atoms with E-state index in [4.69, 9.17) is 12.2 Å². The van der Waals surface area contributed by atoms with E-state index in [0.717, 1.165) is 10.6 Å². The number of aromatic amines is 1.